The number of nitrogens with zero attached hydrogens (tertiary/aromatic N) is 3. The first-order valence-electron chi connectivity index (χ1n) is 13.4. The summed E-state index contributed by atoms with van der Waals surface area (Å²) in [6.45, 7) is 4.79. The predicted molar refractivity (Wildman–Crippen MR) is 151 cm³/mol. The van der Waals surface area contributed by atoms with E-state index in [0.717, 1.165) is 68.6 Å². The number of aromatic nitrogens is 2. The van der Waals surface area contributed by atoms with Crippen molar-refractivity contribution >= 4 is 35.8 Å². The first kappa shape index (κ1) is 29.2. The van der Waals surface area contributed by atoms with Gasteiger partial charge >= 0.3 is 6.18 Å². The first-order chi connectivity index (χ1) is 17.3. The van der Waals surface area contributed by atoms with Crippen LogP contribution >= 0.6 is 24.8 Å². The van der Waals surface area contributed by atoms with Crippen LogP contribution in [0.4, 0.5) is 13.2 Å². The molecule has 3 aliphatic heterocycles. The van der Waals surface area contributed by atoms with Crippen LogP contribution in [0.15, 0.2) is 48.5 Å². The van der Waals surface area contributed by atoms with Crippen molar-refractivity contribution in [2.24, 2.45) is 0 Å². The van der Waals surface area contributed by atoms with Gasteiger partial charge in [-0.15, -0.1) is 24.8 Å². The van der Waals surface area contributed by atoms with Gasteiger partial charge < -0.3 is 9.88 Å². The normalized spacial score (nSPS) is 25.1. The third-order valence-electron chi connectivity index (χ3n) is 9.21. The van der Waals surface area contributed by atoms with E-state index in [1.807, 2.05) is 12.1 Å². The molecule has 2 unspecified atom stereocenters. The van der Waals surface area contributed by atoms with Crippen LogP contribution < -0.4 is 5.32 Å². The van der Waals surface area contributed by atoms with E-state index in [1.165, 1.54) is 30.5 Å². The molecule has 2 bridgehead atoms. The Hall–Kier alpha value is -1.80. The fourth-order valence-electron chi connectivity index (χ4n) is 7.40. The molecule has 0 aliphatic carbocycles. The number of nitrogens with one attached hydrogen (secondary N) is 1. The number of hydrogen-bond acceptors (Lipinski definition) is 3. The van der Waals surface area contributed by atoms with E-state index in [0.29, 0.717) is 18.1 Å². The lowest BCUT2D eigenvalue weighted by Crippen LogP contribution is -2.47. The first-order valence-corrected chi connectivity index (χ1v) is 13.4. The van der Waals surface area contributed by atoms with Crippen LogP contribution in [0.5, 0.6) is 0 Å². The van der Waals surface area contributed by atoms with Gasteiger partial charge in [0, 0.05) is 18.1 Å². The third kappa shape index (κ3) is 5.32. The van der Waals surface area contributed by atoms with Gasteiger partial charge in [0.15, 0.2) is 0 Å². The van der Waals surface area contributed by atoms with Crippen molar-refractivity contribution < 1.29 is 13.2 Å². The molecule has 0 saturated carbocycles. The zero-order chi connectivity index (χ0) is 24.9. The number of halogens is 5. The highest BCUT2D eigenvalue weighted by molar-refractivity contribution is 5.85. The highest BCUT2D eigenvalue weighted by Crippen LogP contribution is 2.45. The van der Waals surface area contributed by atoms with Crippen LogP contribution in [0.3, 0.4) is 0 Å². The zero-order valence-electron chi connectivity index (χ0n) is 21.7. The lowest BCUT2D eigenvalue weighted by atomic mass is 9.70. The molecular weight excluding hydrogens is 532 g/mol. The van der Waals surface area contributed by atoms with Gasteiger partial charge in [-0.1, -0.05) is 30.3 Å². The van der Waals surface area contributed by atoms with Crippen LogP contribution in [0, 0.1) is 6.92 Å². The molecule has 2 aromatic carbocycles. The number of piperidine rings is 2. The molecule has 38 heavy (non-hydrogen) atoms. The fourth-order valence-corrected chi connectivity index (χ4v) is 7.40. The Labute approximate surface area is 235 Å². The summed E-state index contributed by atoms with van der Waals surface area (Å²) in [5.74, 6) is 1.09. The highest BCUT2D eigenvalue weighted by Gasteiger charge is 2.44. The second kappa shape index (κ2) is 11.4. The molecule has 208 valence electrons. The van der Waals surface area contributed by atoms with Crippen molar-refractivity contribution in [2.75, 3.05) is 19.6 Å². The van der Waals surface area contributed by atoms with Crippen molar-refractivity contribution in [2.45, 2.75) is 81.6 Å². The van der Waals surface area contributed by atoms with Gasteiger partial charge in [-0.25, -0.2) is 4.98 Å². The summed E-state index contributed by atoms with van der Waals surface area (Å²) in [5.41, 5.74) is 2.44. The highest BCUT2D eigenvalue weighted by atomic mass is 35.5. The van der Waals surface area contributed by atoms with E-state index >= 15 is 0 Å². The fraction of sp³-hybridized carbons (Fsp3) is 0.552. The number of hydrogen-bond donors (Lipinski definition) is 1. The van der Waals surface area contributed by atoms with Gasteiger partial charge in [0.1, 0.15) is 5.82 Å². The van der Waals surface area contributed by atoms with E-state index < -0.39 is 11.7 Å². The number of alkyl halides is 3. The number of rotatable bonds is 5. The molecule has 4 nitrogen and oxygen atoms in total. The summed E-state index contributed by atoms with van der Waals surface area (Å²) < 4.78 is 43.0. The lowest BCUT2D eigenvalue weighted by molar-refractivity contribution is -0.137. The standard InChI is InChI=1S/C29H35F3N4.2ClH/c1-20-34-26-7-2-3-8-27(26)36(20)25-18-23-9-10-24(19-25)35(23)16-13-28(11-14-33-15-12-28)21-5-4-6-22(17-21)29(30,31)32;;/h2-8,17,23-25,33H,9-16,18-19H2,1H3;2*1H. The van der Waals surface area contributed by atoms with Gasteiger partial charge in [0.25, 0.3) is 0 Å². The maximum atomic E-state index is 13.5. The SMILES string of the molecule is Cc1nc2ccccc2n1C1CC2CCC(C1)N2CCC1(c2cccc(C(F)(F)F)c2)CCNCC1.Cl.Cl. The van der Waals surface area contributed by atoms with Crippen LogP contribution in [0.2, 0.25) is 0 Å². The largest absolute Gasteiger partial charge is 0.416 e. The minimum absolute atomic E-state index is 0. The van der Waals surface area contributed by atoms with Gasteiger partial charge in [0.05, 0.1) is 16.6 Å². The summed E-state index contributed by atoms with van der Waals surface area (Å²) in [6, 6.07) is 16.1. The predicted octanol–water partition coefficient (Wildman–Crippen LogP) is 7.09. The van der Waals surface area contributed by atoms with Crippen molar-refractivity contribution in [1.82, 2.24) is 19.8 Å². The average Bonchev–Trinajstić information content (AvgIpc) is 3.33. The van der Waals surface area contributed by atoms with Crippen LogP contribution in [0.1, 0.15) is 67.9 Å². The van der Waals surface area contributed by atoms with E-state index in [4.69, 9.17) is 4.98 Å². The van der Waals surface area contributed by atoms with E-state index in [9.17, 15) is 13.2 Å². The molecule has 2 atom stereocenters. The molecule has 0 radical (unpaired) electrons. The minimum Gasteiger partial charge on any atom is -0.325 e. The topological polar surface area (TPSA) is 33.1 Å². The summed E-state index contributed by atoms with van der Waals surface area (Å²) in [7, 11) is 0. The second-order valence-corrected chi connectivity index (χ2v) is 11.1. The number of para-hydroxylation sites is 2. The van der Waals surface area contributed by atoms with Crippen molar-refractivity contribution in [1.29, 1.82) is 0 Å². The van der Waals surface area contributed by atoms with Gasteiger partial charge in [-0.2, -0.15) is 13.2 Å². The number of imidazole rings is 1. The number of aryl methyl sites for hydroxylation is 1. The summed E-state index contributed by atoms with van der Waals surface area (Å²) >= 11 is 0. The average molecular weight is 570 g/mol. The molecule has 0 amide bonds. The Morgan fingerprint density at radius 1 is 0.947 bits per heavy atom. The molecule has 6 rings (SSSR count). The Bertz CT molecular complexity index is 1220. The van der Waals surface area contributed by atoms with E-state index in [2.05, 4.69) is 39.9 Å². The Morgan fingerprint density at radius 3 is 2.32 bits per heavy atom. The van der Waals surface area contributed by atoms with Crippen LogP contribution in [0.25, 0.3) is 11.0 Å². The van der Waals surface area contributed by atoms with Crippen LogP contribution in [-0.4, -0.2) is 46.2 Å². The maximum absolute atomic E-state index is 13.5. The van der Waals surface area contributed by atoms with Crippen molar-refractivity contribution in [3.63, 3.8) is 0 Å². The van der Waals surface area contributed by atoms with E-state index in [1.54, 1.807) is 6.07 Å². The molecule has 3 aromatic rings. The molecule has 0 spiro atoms. The summed E-state index contributed by atoms with van der Waals surface area (Å²) in [6.07, 6.45) is 3.06. The number of benzene rings is 2. The summed E-state index contributed by atoms with van der Waals surface area (Å²) in [5, 5.41) is 3.42. The maximum Gasteiger partial charge on any atom is 0.416 e. The molecule has 1 N–H and O–H groups in total. The quantitative estimate of drug-likeness (QED) is 0.356. The molecule has 1 aromatic heterocycles. The van der Waals surface area contributed by atoms with Crippen LogP contribution in [-0.2, 0) is 11.6 Å². The van der Waals surface area contributed by atoms with Gasteiger partial charge in [0.2, 0.25) is 0 Å². The Kier molecular flexibility index (Phi) is 8.73. The summed E-state index contributed by atoms with van der Waals surface area (Å²) in [4.78, 5) is 7.50. The van der Waals surface area contributed by atoms with E-state index in [-0.39, 0.29) is 30.2 Å². The molecule has 3 aliphatic rings. The Balaban J connectivity index is 0.00000168. The molecule has 3 saturated heterocycles. The Morgan fingerprint density at radius 2 is 1.63 bits per heavy atom. The van der Waals surface area contributed by atoms with Crippen molar-refractivity contribution in [3.05, 3.63) is 65.5 Å². The van der Waals surface area contributed by atoms with Gasteiger partial charge in [-0.3, -0.25) is 4.90 Å². The molecule has 4 heterocycles. The molecule has 9 heteroatoms. The number of fused-ring (bicyclic) bond motifs is 3. The molecular formula is C29H37Cl2F3N4. The monoisotopic (exact) mass is 568 g/mol. The van der Waals surface area contributed by atoms with Crippen molar-refractivity contribution in [3.8, 4) is 0 Å². The lowest BCUT2D eigenvalue weighted by Gasteiger charge is -2.44. The van der Waals surface area contributed by atoms with Gasteiger partial charge in [-0.05, 0) is 101 Å². The smallest absolute Gasteiger partial charge is 0.325 e. The minimum atomic E-state index is -4.30. The second-order valence-electron chi connectivity index (χ2n) is 11.1. The zero-order valence-corrected chi connectivity index (χ0v) is 23.3. The molecule has 3 fully saturated rings. The third-order valence-corrected chi connectivity index (χ3v) is 9.21.